The van der Waals surface area contributed by atoms with E-state index in [9.17, 15) is 21.2 Å². The summed E-state index contributed by atoms with van der Waals surface area (Å²) < 4.78 is 67.6. The van der Waals surface area contributed by atoms with Gasteiger partial charge in [-0.05, 0) is 6.08 Å². The van der Waals surface area contributed by atoms with Crippen molar-refractivity contribution in [1.82, 2.24) is 0 Å². The smallest absolute Gasteiger partial charge is 0.283 e. The van der Waals surface area contributed by atoms with Crippen molar-refractivity contribution in [2.45, 2.75) is 5.50 Å². The van der Waals surface area contributed by atoms with Crippen LogP contribution in [-0.4, -0.2) is 31.4 Å². The van der Waals surface area contributed by atoms with Gasteiger partial charge in [-0.1, -0.05) is 0 Å². The minimum Gasteiger partial charge on any atom is -0.283 e. The van der Waals surface area contributed by atoms with Gasteiger partial charge in [0, 0.05) is 0 Å². The molecule has 0 aromatic rings. The van der Waals surface area contributed by atoms with Crippen molar-refractivity contribution in [3.63, 3.8) is 0 Å². The van der Waals surface area contributed by atoms with Crippen LogP contribution in [-0.2, 0) is 20.2 Å². The molecular formula is C3H5FO6S2. The maximum absolute atomic E-state index is 12.1. The average Bonchev–Trinajstić information content (AvgIpc) is 1.78. The molecule has 0 radical (unpaired) electrons. The first-order chi connectivity index (χ1) is 5.13. The second-order valence-electron chi connectivity index (χ2n) is 1.71. The van der Waals surface area contributed by atoms with E-state index in [2.05, 4.69) is 0 Å². The molecule has 0 saturated carbocycles. The highest BCUT2D eigenvalue weighted by Crippen LogP contribution is 2.02. The molecular weight excluding hydrogens is 215 g/mol. The molecule has 72 valence electrons. The Balaban J connectivity index is 4.62. The molecule has 0 aliphatic carbocycles. The lowest BCUT2D eigenvalue weighted by Gasteiger charge is -1.95. The average molecular weight is 220 g/mol. The first-order valence-corrected chi connectivity index (χ1v) is 5.39. The molecule has 0 amide bonds. The molecule has 0 aliphatic heterocycles. The first kappa shape index (κ1) is 11.5. The van der Waals surface area contributed by atoms with Crippen molar-refractivity contribution in [2.75, 3.05) is 0 Å². The Morgan fingerprint density at radius 3 is 1.83 bits per heavy atom. The van der Waals surface area contributed by atoms with Gasteiger partial charge in [-0.15, -0.1) is 0 Å². The van der Waals surface area contributed by atoms with Crippen molar-refractivity contribution < 1.29 is 30.3 Å². The number of hydrogen-bond donors (Lipinski definition) is 2. The van der Waals surface area contributed by atoms with Gasteiger partial charge in [0.15, 0.2) is 0 Å². The van der Waals surface area contributed by atoms with Crippen molar-refractivity contribution in [2.24, 2.45) is 0 Å². The third-order valence-corrected chi connectivity index (χ3v) is 1.91. The second-order valence-corrected chi connectivity index (χ2v) is 4.49. The molecule has 0 saturated heterocycles. The van der Waals surface area contributed by atoms with E-state index in [1.807, 2.05) is 0 Å². The van der Waals surface area contributed by atoms with E-state index in [0.717, 1.165) is 0 Å². The zero-order valence-corrected chi connectivity index (χ0v) is 7.09. The molecule has 0 aliphatic rings. The van der Waals surface area contributed by atoms with E-state index in [1.165, 1.54) is 0 Å². The summed E-state index contributed by atoms with van der Waals surface area (Å²) in [5, 5.41) is -0.0779. The molecule has 0 heterocycles. The number of rotatable bonds is 3. The molecule has 9 heteroatoms. The van der Waals surface area contributed by atoms with Crippen LogP contribution in [0.3, 0.4) is 0 Å². The molecule has 0 bridgehead atoms. The van der Waals surface area contributed by atoms with Gasteiger partial charge in [-0.3, -0.25) is 9.11 Å². The first-order valence-electron chi connectivity index (χ1n) is 2.39. The third-order valence-electron chi connectivity index (χ3n) is 0.686. The molecule has 0 aromatic carbocycles. The minimum absolute atomic E-state index is 0.00926. The van der Waals surface area contributed by atoms with Gasteiger partial charge in [-0.2, -0.15) is 16.8 Å². The van der Waals surface area contributed by atoms with Gasteiger partial charge in [0.05, 0.1) is 5.41 Å². The van der Waals surface area contributed by atoms with Gasteiger partial charge in [-0.25, -0.2) is 4.39 Å². The van der Waals surface area contributed by atoms with Crippen molar-refractivity contribution in [3.8, 4) is 0 Å². The van der Waals surface area contributed by atoms with E-state index in [0.29, 0.717) is 0 Å². The van der Waals surface area contributed by atoms with Crippen LogP contribution >= 0.6 is 0 Å². The second kappa shape index (κ2) is 3.47. The van der Waals surface area contributed by atoms with Crippen LogP contribution in [0.5, 0.6) is 0 Å². The Morgan fingerprint density at radius 2 is 1.58 bits per heavy atom. The minimum atomic E-state index is -4.95. The Bertz CT molecular complexity index is 364. The van der Waals surface area contributed by atoms with Gasteiger partial charge in [0.1, 0.15) is 0 Å². The normalized spacial score (nSPS) is 16.6. The van der Waals surface area contributed by atoms with Crippen molar-refractivity contribution in [1.29, 1.82) is 0 Å². The van der Waals surface area contributed by atoms with E-state index in [-0.39, 0.29) is 11.5 Å². The maximum atomic E-state index is 12.1. The molecule has 12 heavy (non-hydrogen) atoms. The maximum Gasteiger partial charge on any atom is 0.301 e. The lowest BCUT2D eigenvalue weighted by atomic mass is 10.7. The molecule has 0 spiro atoms. The zero-order valence-electron chi connectivity index (χ0n) is 5.45. The summed E-state index contributed by atoms with van der Waals surface area (Å²) in [6, 6.07) is 0. The monoisotopic (exact) mass is 220 g/mol. The van der Waals surface area contributed by atoms with E-state index >= 15 is 0 Å². The van der Waals surface area contributed by atoms with Crippen molar-refractivity contribution in [3.05, 3.63) is 11.5 Å². The summed E-state index contributed by atoms with van der Waals surface area (Å²) in [5.41, 5.74) is -2.86. The van der Waals surface area contributed by atoms with Crippen molar-refractivity contribution >= 4 is 20.2 Å². The molecule has 0 rings (SSSR count). The quantitative estimate of drug-likeness (QED) is 0.625. The van der Waals surface area contributed by atoms with Crippen LogP contribution in [0.2, 0.25) is 0 Å². The van der Waals surface area contributed by atoms with Crippen LogP contribution in [0.15, 0.2) is 11.5 Å². The van der Waals surface area contributed by atoms with E-state index in [4.69, 9.17) is 9.11 Å². The van der Waals surface area contributed by atoms with E-state index < -0.39 is 25.7 Å². The third kappa shape index (κ3) is 5.18. The van der Waals surface area contributed by atoms with Crippen LogP contribution in [0.4, 0.5) is 4.39 Å². The summed E-state index contributed by atoms with van der Waals surface area (Å²) >= 11 is 0. The van der Waals surface area contributed by atoms with Gasteiger partial charge < -0.3 is 0 Å². The predicted octanol–water partition coefficient (Wildman–Crippen LogP) is -0.429. The lowest BCUT2D eigenvalue weighted by molar-refractivity contribution is 0.410. The van der Waals surface area contributed by atoms with Gasteiger partial charge in [0.2, 0.25) is 5.50 Å². The highest BCUT2D eigenvalue weighted by atomic mass is 32.2. The summed E-state index contributed by atoms with van der Waals surface area (Å²) in [6.45, 7) is 0. The zero-order chi connectivity index (χ0) is 9.99. The molecule has 2 N–H and O–H groups in total. The standard InChI is InChI=1S/C3H5FO6S2/c4-3(12(8,9)10)1-2-11(5,6)7/h1-3H,(H,5,6,7)(H,8,9,10). The van der Waals surface area contributed by atoms with Gasteiger partial charge in [0.25, 0.3) is 10.1 Å². The van der Waals surface area contributed by atoms with Crippen LogP contribution in [0, 0.1) is 0 Å². The molecule has 6 nitrogen and oxygen atoms in total. The Labute approximate surface area is 68.2 Å². The Hall–Kier alpha value is -0.510. The largest absolute Gasteiger partial charge is 0.301 e. The fourth-order valence-electron chi connectivity index (χ4n) is 0.260. The summed E-state index contributed by atoms with van der Waals surface area (Å²) in [5.74, 6) is 0. The van der Waals surface area contributed by atoms with Crippen LogP contribution in [0.25, 0.3) is 0 Å². The number of alkyl halides is 1. The summed E-state index contributed by atoms with van der Waals surface area (Å²) in [6.07, 6.45) is -0.00926. The molecule has 0 fully saturated rings. The predicted molar refractivity (Wildman–Crippen MR) is 37.1 cm³/mol. The Morgan fingerprint density at radius 1 is 1.17 bits per heavy atom. The molecule has 1 atom stereocenters. The SMILES string of the molecule is O=S(=O)(O)C=CC(F)S(=O)(=O)O. The van der Waals surface area contributed by atoms with Crippen LogP contribution in [0.1, 0.15) is 0 Å². The fraction of sp³-hybridized carbons (Fsp3) is 0.333. The summed E-state index contributed by atoms with van der Waals surface area (Å²) in [4.78, 5) is 0. The molecule has 1 unspecified atom stereocenters. The van der Waals surface area contributed by atoms with E-state index in [1.54, 1.807) is 0 Å². The lowest BCUT2D eigenvalue weighted by Crippen LogP contribution is -2.12. The van der Waals surface area contributed by atoms with Gasteiger partial charge >= 0.3 is 10.1 Å². The Kier molecular flexibility index (Phi) is 3.33. The highest BCUT2D eigenvalue weighted by molar-refractivity contribution is 7.89. The highest BCUT2D eigenvalue weighted by Gasteiger charge is 2.18. The summed E-state index contributed by atoms with van der Waals surface area (Å²) in [7, 11) is -9.53. The molecule has 0 aromatic heterocycles. The topological polar surface area (TPSA) is 109 Å². The van der Waals surface area contributed by atoms with Crippen LogP contribution < -0.4 is 0 Å². The number of hydrogen-bond acceptors (Lipinski definition) is 4. The fourth-order valence-corrected chi connectivity index (χ4v) is 0.973. The number of halogens is 1.